The number of aromatic nitrogens is 1. The van der Waals surface area contributed by atoms with Crippen molar-refractivity contribution in [3.8, 4) is 23.0 Å². The zero-order chi connectivity index (χ0) is 23.5. The standard InChI is InChI=1S/C26H26N4O4/c1-16-22(14-28-30-16)17-5-7-23(25(12-17)34-21-4-3-9-27-13-21)29-26(31)19-10-18-11-20(32-2)6-8-24(18)33-15-19/h3-9,11-13,19,22,28H,10,14-15H2,1-2H3,(H,29,31). The molecule has 2 aliphatic heterocycles. The fourth-order valence-electron chi connectivity index (χ4n) is 4.23. The highest BCUT2D eigenvalue weighted by atomic mass is 16.5. The number of hydrazone groups is 1. The van der Waals surface area contributed by atoms with Gasteiger partial charge in [-0.05, 0) is 66.9 Å². The van der Waals surface area contributed by atoms with E-state index in [9.17, 15) is 4.79 Å². The number of benzene rings is 2. The predicted molar refractivity (Wildman–Crippen MR) is 129 cm³/mol. The first-order valence-electron chi connectivity index (χ1n) is 11.2. The average Bonchev–Trinajstić information content (AvgIpc) is 3.30. The smallest absolute Gasteiger partial charge is 0.231 e. The van der Waals surface area contributed by atoms with Crippen molar-refractivity contribution >= 4 is 17.3 Å². The molecule has 0 saturated heterocycles. The first-order valence-corrected chi connectivity index (χ1v) is 11.2. The van der Waals surface area contributed by atoms with E-state index in [4.69, 9.17) is 14.2 Å². The summed E-state index contributed by atoms with van der Waals surface area (Å²) >= 11 is 0. The number of fused-ring (bicyclic) bond motifs is 1. The van der Waals surface area contributed by atoms with E-state index in [1.807, 2.05) is 49.4 Å². The number of hydrogen-bond acceptors (Lipinski definition) is 7. The number of nitrogens with one attached hydrogen (secondary N) is 2. The third kappa shape index (κ3) is 4.52. The molecule has 0 bridgehead atoms. The maximum atomic E-state index is 13.2. The van der Waals surface area contributed by atoms with Gasteiger partial charge in [-0.3, -0.25) is 9.78 Å². The summed E-state index contributed by atoms with van der Waals surface area (Å²) in [7, 11) is 1.62. The quantitative estimate of drug-likeness (QED) is 0.577. The Labute approximate surface area is 198 Å². The lowest BCUT2D eigenvalue weighted by Crippen LogP contribution is -2.32. The van der Waals surface area contributed by atoms with Crippen LogP contribution in [0.2, 0.25) is 0 Å². The highest BCUT2D eigenvalue weighted by molar-refractivity contribution is 5.95. The van der Waals surface area contributed by atoms with Crippen LogP contribution in [-0.4, -0.2) is 36.9 Å². The number of ether oxygens (including phenoxy) is 3. The van der Waals surface area contributed by atoms with Crippen LogP contribution in [0.4, 0.5) is 5.69 Å². The molecular weight excluding hydrogens is 432 g/mol. The minimum absolute atomic E-state index is 0.127. The van der Waals surface area contributed by atoms with Crippen molar-refractivity contribution in [3.63, 3.8) is 0 Å². The van der Waals surface area contributed by atoms with Crippen molar-refractivity contribution < 1.29 is 19.0 Å². The summed E-state index contributed by atoms with van der Waals surface area (Å²) in [4.78, 5) is 17.3. The lowest BCUT2D eigenvalue weighted by molar-refractivity contribution is -0.121. The molecule has 2 unspecified atom stereocenters. The second kappa shape index (κ2) is 9.43. The van der Waals surface area contributed by atoms with Gasteiger partial charge in [-0.2, -0.15) is 5.10 Å². The Hall–Kier alpha value is -4.07. The largest absolute Gasteiger partial charge is 0.497 e. The van der Waals surface area contributed by atoms with Crippen LogP contribution in [0.1, 0.15) is 24.0 Å². The molecule has 174 valence electrons. The first-order chi connectivity index (χ1) is 16.6. The molecule has 5 rings (SSSR count). The number of hydrogen-bond donors (Lipinski definition) is 2. The highest BCUT2D eigenvalue weighted by Crippen LogP contribution is 2.35. The number of pyridine rings is 1. The van der Waals surface area contributed by atoms with Crippen LogP contribution in [0.5, 0.6) is 23.0 Å². The Morgan fingerprint density at radius 3 is 2.85 bits per heavy atom. The van der Waals surface area contributed by atoms with Gasteiger partial charge in [0.2, 0.25) is 5.91 Å². The van der Waals surface area contributed by atoms with Crippen LogP contribution >= 0.6 is 0 Å². The van der Waals surface area contributed by atoms with E-state index in [1.54, 1.807) is 25.6 Å². The normalized spacial score (nSPS) is 18.7. The molecule has 0 fully saturated rings. The first kappa shape index (κ1) is 21.8. The molecule has 2 aromatic carbocycles. The minimum Gasteiger partial charge on any atom is -0.497 e. The Morgan fingerprint density at radius 2 is 2.09 bits per heavy atom. The second-order valence-electron chi connectivity index (χ2n) is 8.39. The molecule has 0 aliphatic carbocycles. The van der Waals surface area contributed by atoms with Crippen molar-refractivity contribution in [2.24, 2.45) is 11.0 Å². The van der Waals surface area contributed by atoms with Gasteiger partial charge in [-0.1, -0.05) is 6.07 Å². The number of rotatable bonds is 6. The van der Waals surface area contributed by atoms with Crippen molar-refractivity contribution in [3.05, 3.63) is 72.1 Å². The van der Waals surface area contributed by atoms with Gasteiger partial charge in [0.25, 0.3) is 0 Å². The van der Waals surface area contributed by atoms with Crippen LogP contribution in [0.25, 0.3) is 0 Å². The molecule has 0 radical (unpaired) electrons. The summed E-state index contributed by atoms with van der Waals surface area (Å²) in [6.45, 7) is 3.04. The van der Waals surface area contributed by atoms with Crippen LogP contribution in [0.15, 0.2) is 66.0 Å². The molecule has 3 aromatic rings. The molecule has 0 spiro atoms. The van der Waals surface area contributed by atoms with E-state index in [2.05, 4.69) is 20.8 Å². The Kier molecular flexibility index (Phi) is 6.03. The summed E-state index contributed by atoms with van der Waals surface area (Å²) in [5, 5.41) is 7.34. The fourth-order valence-corrected chi connectivity index (χ4v) is 4.23. The van der Waals surface area contributed by atoms with Gasteiger partial charge in [0.05, 0.1) is 24.9 Å². The van der Waals surface area contributed by atoms with Crippen molar-refractivity contribution in [2.75, 3.05) is 25.6 Å². The van der Waals surface area contributed by atoms with E-state index in [1.165, 1.54) is 0 Å². The molecule has 8 nitrogen and oxygen atoms in total. The molecule has 0 saturated carbocycles. The highest BCUT2D eigenvalue weighted by Gasteiger charge is 2.28. The van der Waals surface area contributed by atoms with Crippen molar-refractivity contribution in [2.45, 2.75) is 19.3 Å². The van der Waals surface area contributed by atoms with E-state index in [-0.39, 0.29) is 17.7 Å². The van der Waals surface area contributed by atoms with Gasteiger partial charge in [0.1, 0.15) is 23.9 Å². The maximum Gasteiger partial charge on any atom is 0.231 e. The Bertz CT molecular complexity index is 1230. The molecular formula is C26H26N4O4. The third-order valence-electron chi connectivity index (χ3n) is 6.13. The molecule has 2 aliphatic rings. The summed E-state index contributed by atoms with van der Waals surface area (Å²) < 4.78 is 17.3. The summed E-state index contributed by atoms with van der Waals surface area (Å²) in [5.41, 5.74) is 6.66. The Morgan fingerprint density at radius 1 is 1.18 bits per heavy atom. The molecule has 1 amide bonds. The van der Waals surface area contributed by atoms with E-state index >= 15 is 0 Å². The topological polar surface area (TPSA) is 94.1 Å². The zero-order valence-corrected chi connectivity index (χ0v) is 19.1. The SMILES string of the molecule is COc1ccc2c(c1)CC(C(=O)Nc1ccc(C3CNN=C3C)cc1Oc1cccnc1)CO2. The lowest BCUT2D eigenvalue weighted by atomic mass is 9.94. The number of carbonyl (C=O) groups is 1. The molecule has 1 aromatic heterocycles. The number of carbonyl (C=O) groups excluding carboxylic acids is 1. The van der Waals surface area contributed by atoms with E-state index < -0.39 is 0 Å². The molecule has 2 N–H and O–H groups in total. The van der Waals surface area contributed by atoms with Crippen molar-refractivity contribution in [1.29, 1.82) is 0 Å². The Balaban J connectivity index is 1.38. The fraction of sp³-hybridized carbons (Fsp3) is 0.269. The van der Waals surface area contributed by atoms with Gasteiger partial charge >= 0.3 is 0 Å². The number of anilines is 1. The van der Waals surface area contributed by atoms with Crippen LogP contribution < -0.4 is 25.0 Å². The van der Waals surface area contributed by atoms with E-state index in [0.717, 1.165) is 34.9 Å². The number of nitrogens with zero attached hydrogens (tertiary/aromatic N) is 2. The third-order valence-corrected chi connectivity index (χ3v) is 6.13. The lowest BCUT2D eigenvalue weighted by Gasteiger charge is -2.25. The number of methoxy groups -OCH3 is 1. The van der Waals surface area contributed by atoms with Crippen LogP contribution in [0.3, 0.4) is 0 Å². The monoisotopic (exact) mass is 458 g/mol. The summed E-state index contributed by atoms with van der Waals surface area (Å²) in [6.07, 6.45) is 3.89. The van der Waals surface area contributed by atoms with Crippen LogP contribution in [0, 0.1) is 5.92 Å². The molecule has 8 heteroatoms. The van der Waals surface area contributed by atoms with Gasteiger partial charge in [0, 0.05) is 24.4 Å². The molecule has 34 heavy (non-hydrogen) atoms. The predicted octanol–water partition coefficient (Wildman–Crippen LogP) is 4.14. The summed E-state index contributed by atoms with van der Waals surface area (Å²) in [5.74, 6) is 2.36. The number of amides is 1. The molecule has 3 heterocycles. The maximum absolute atomic E-state index is 13.2. The van der Waals surface area contributed by atoms with E-state index in [0.29, 0.717) is 30.2 Å². The van der Waals surface area contributed by atoms with Gasteiger partial charge in [0.15, 0.2) is 5.75 Å². The van der Waals surface area contributed by atoms with Gasteiger partial charge < -0.3 is 25.0 Å². The van der Waals surface area contributed by atoms with Gasteiger partial charge in [-0.15, -0.1) is 0 Å². The van der Waals surface area contributed by atoms with Gasteiger partial charge in [-0.25, -0.2) is 0 Å². The average molecular weight is 459 g/mol. The van der Waals surface area contributed by atoms with Crippen molar-refractivity contribution in [1.82, 2.24) is 10.4 Å². The zero-order valence-electron chi connectivity index (χ0n) is 19.1. The summed E-state index contributed by atoms with van der Waals surface area (Å²) in [6, 6.07) is 15.1. The molecule has 2 atom stereocenters. The second-order valence-corrected chi connectivity index (χ2v) is 8.39. The minimum atomic E-state index is -0.334. The van der Waals surface area contributed by atoms with Crippen LogP contribution in [-0.2, 0) is 11.2 Å².